The Kier molecular flexibility index (Phi) is 5.20. The van der Waals surface area contributed by atoms with E-state index in [-0.39, 0.29) is 11.9 Å². The van der Waals surface area contributed by atoms with Crippen LogP contribution in [0.15, 0.2) is 73.3 Å². The van der Waals surface area contributed by atoms with Crippen molar-refractivity contribution in [3.8, 4) is 5.82 Å². The molecule has 3 aromatic heterocycles. The van der Waals surface area contributed by atoms with Crippen LogP contribution in [-0.2, 0) is 6.54 Å². The fraction of sp³-hybridized carbons (Fsp3) is 0.182. The summed E-state index contributed by atoms with van der Waals surface area (Å²) in [5.41, 5.74) is 3.55. The van der Waals surface area contributed by atoms with Crippen LogP contribution >= 0.6 is 0 Å². The highest BCUT2D eigenvalue weighted by Gasteiger charge is 2.18. The van der Waals surface area contributed by atoms with Crippen LogP contribution < -0.4 is 5.32 Å². The minimum atomic E-state index is -0.197. The molecule has 1 aromatic carbocycles. The minimum Gasteiger partial charge on any atom is -0.345 e. The summed E-state index contributed by atoms with van der Waals surface area (Å²) in [6.45, 7) is 4.54. The third kappa shape index (κ3) is 4.08. The quantitative estimate of drug-likeness (QED) is 0.551. The normalized spacial score (nSPS) is 11.9. The van der Waals surface area contributed by atoms with E-state index in [0.29, 0.717) is 12.1 Å². The number of hydrogen-bond donors (Lipinski definition) is 1. The van der Waals surface area contributed by atoms with E-state index in [0.717, 1.165) is 22.6 Å². The van der Waals surface area contributed by atoms with E-state index in [9.17, 15) is 4.79 Å². The van der Waals surface area contributed by atoms with Gasteiger partial charge < -0.3 is 5.32 Å². The maximum absolute atomic E-state index is 12.7. The standard InChI is InChI=1S/C22H22N6O/c1-16(20-13-25-28(17(20)2)21-10-6-7-11-23-21)26-22(29)19-12-24-27(15-19)14-18-8-4-3-5-9-18/h3-13,15-16H,14H2,1-2H3,(H,26,29). The first kappa shape index (κ1) is 18.6. The van der Waals surface area contributed by atoms with Crippen molar-refractivity contribution in [2.45, 2.75) is 26.4 Å². The predicted molar refractivity (Wildman–Crippen MR) is 110 cm³/mol. The molecule has 0 aliphatic carbocycles. The second-order valence-corrected chi connectivity index (χ2v) is 6.89. The molecule has 0 radical (unpaired) electrons. The molecule has 7 heteroatoms. The van der Waals surface area contributed by atoms with Crippen LogP contribution in [0.4, 0.5) is 0 Å². The Morgan fingerprint density at radius 3 is 2.62 bits per heavy atom. The number of amides is 1. The number of pyridine rings is 1. The van der Waals surface area contributed by atoms with Crippen LogP contribution in [0.25, 0.3) is 5.82 Å². The first-order valence-electron chi connectivity index (χ1n) is 9.45. The number of carbonyl (C=O) groups is 1. The van der Waals surface area contributed by atoms with Crippen molar-refractivity contribution < 1.29 is 4.79 Å². The molecule has 4 aromatic rings. The summed E-state index contributed by atoms with van der Waals surface area (Å²) in [5, 5.41) is 11.8. The van der Waals surface area contributed by atoms with Gasteiger partial charge in [0.25, 0.3) is 5.91 Å². The van der Waals surface area contributed by atoms with Crippen molar-refractivity contribution in [2.24, 2.45) is 0 Å². The molecule has 0 saturated carbocycles. The van der Waals surface area contributed by atoms with Crippen molar-refractivity contribution in [3.63, 3.8) is 0 Å². The molecular formula is C22H22N6O. The fourth-order valence-electron chi connectivity index (χ4n) is 3.25. The summed E-state index contributed by atoms with van der Waals surface area (Å²) in [6, 6.07) is 15.5. The Hall–Kier alpha value is -3.74. The first-order valence-corrected chi connectivity index (χ1v) is 9.45. The second kappa shape index (κ2) is 8.10. The van der Waals surface area contributed by atoms with Crippen molar-refractivity contribution >= 4 is 5.91 Å². The molecule has 7 nitrogen and oxygen atoms in total. The van der Waals surface area contributed by atoms with E-state index in [1.54, 1.807) is 34.2 Å². The minimum absolute atomic E-state index is 0.165. The van der Waals surface area contributed by atoms with Crippen LogP contribution in [0, 0.1) is 6.92 Å². The van der Waals surface area contributed by atoms with Crippen LogP contribution in [0.3, 0.4) is 0 Å². The number of carbonyl (C=O) groups excluding carboxylic acids is 1. The molecule has 4 rings (SSSR count). The summed E-state index contributed by atoms with van der Waals surface area (Å²) < 4.78 is 3.54. The number of rotatable bonds is 6. The highest BCUT2D eigenvalue weighted by Crippen LogP contribution is 2.19. The van der Waals surface area contributed by atoms with Gasteiger partial charge in [-0.2, -0.15) is 10.2 Å². The van der Waals surface area contributed by atoms with Gasteiger partial charge in [0.05, 0.1) is 30.5 Å². The monoisotopic (exact) mass is 386 g/mol. The zero-order valence-corrected chi connectivity index (χ0v) is 16.4. The zero-order valence-electron chi connectivity index (χ0n) is 16.4. The van der Waals surface area contributed by atoms with Gasteiger partial charge in [-0.05, 0) is 31.5 Å². The maximum Gasteiger partial charge on any atom is 0.254 e. The second-order valence-electron chi connectivity index (χ2n) is 6.89. The molecule has 1 atom stereocenters. The lowest BCUT2D eigenvalue weighted by Crippen LogP contribution is -2.26. The Balaban J connectivity index is 1.45. The van der Waals surface area contributed by atoms with E-state index >= 15 is 0 Å². The van der Waals surface area contributed by atoms with Crippen LogP contribution in [0.5, 0.6) is 0 Å². The number of hydrogen-bond acceptors (Lipinski definition) is 4. The van der Waals surface area contributed by atoms with Crippen LogP contribution in [0.2, 0.25) is 0 Å². The molecule has 1 unspecified atom stereocenters. The third-order valence-corrected chi connectivity index (χ3v) is 4.81. The van der Waals surface area contributed by atoms with Gasteiger partial charge >= 0.3 is 0 Å². The van der Waals surface area contributed by atoms with Gasteiger partial charge in [0.15, 0.2) is 5.82 Å². The SMILES string of the molecule is Cc1c(C(C)NC(=O)c2cnn(Cc3ccccc3)c2)cnn1-c1ccccn1. The van der Waals surface area contributed by atoms with Gasteiger partial charge in [0.2, 0.25) is 0 Å². The smallest absolute Gasteiger partial charge is 0.254 e. The zero-order chi connectivity index (χ0) is 20.2. The summed E-state index contributed by atoms with van der Waals surface area (Å²) >= 11 is 0. The van der Waals surface area contributed by atoms with E-state index < -0.39 is 0 Å². The molecule has 0 saturated heterocycles. The highest BCUT2D eigenvalue weighted by molar-refractivity contribution is 5.93. The van der Waals surface area contributed by atoms with Gasteiger partial charge in [-0.3, -0.25) is 9.48 Å². The molecular weight excluding hydrogens is 364 g/mol. The molecule has 0 fully saturated rings. The Labute approximate surface area is 169 Å². The molecule has 0 aliphatic rings. The van der Waals surface area contributed by atoms with Crippen LogP contribution in [0.1, 0.15) is 40.1 Å². The number of benzene rings is 1. The van der Waals surface area contributed by atoms with E-state index in [4.69, 9.17) is 0 Å². The molecule has 0 aliphatic heterocycles. The van der Waals surface area contributed by atoms with Crippen molar-refractivity contribution in [1.29, 1.82) is 0 Å². The Morgan fingerprint density at radius 2 is 1.86 bits per heavy atom. The lowest BCUT2D eigenvalue weighted by Gasteiger charge is -2.13. The lowest BCUT2D eigenvalue weighted by atomic mass is 10.1. The molecule has 0 spiro atoms. The number of aromatic nitrogens is 5. The van der Waals surface area contributed by atoms with E-state index in [1.807, 2.05) is 62.4 Å². The fourth-order valence-corrected chi connectivity index (χ4v) is 3.25. The molecule has 1 amide bonds. The van der Waals surface area contributed by atoms with Crippen LogP contribution in [-0.4, -0.2) is 30.5 Å². The third-order valence-electron chi connectivity index (χ3n) is 4.81. The molecule has 146 valence electrons. The van der Waals surface area contributed by atoms with Gasteiger partial charge in [0.1, 0.15) is 0 Å². The lowest BCUT2D eigenvalue weighted by molar-refractivity contribution is 0.0939. The van der Waals surface area contributed by atoms with E-state index in [1.165, 1.54) is 0 Å². The molecule has 1 N–H and O–H groups in total. The summed E-state index contributed by atoms with van der Waals surface area (Å²) in [5.74, 6) is 0.582. The average molecular weight is 386 g/mol. The number of nitrogens with zero attached hydrogens (tertiary/aromatic N) is 5. The Morgan fingerprint density at radius 1 is 1.07 bits per heavy atom. The summed E-state index contributed by atoms with van der Waals surface area (Å²) in [7, 11) is 0. The van der Waals surface area contributed by atoms with Crippen molar-refractivity contribution in [3.05, 3.63) is 95.7 Å². The van der Waals surface area contributed by atoms with Gasteiger partial charge in [-0.25, -0.2) is 9.67 Å². The van der Waals surface area contributed by atoms with Gasteiger partial charge in [0, 0.05) is 23.7 Å². The average Bonchev–Trinajstić information content (AvgIpc) is 3.36. The van der Waals surface area contributed by atoms with Gasteiger partial charge in [-0.15, -0.1) is 0 Å². The van der Waals surface area contributed by atoms with Gasteiger partial charge in [-0.1, -0.05) is 36.4 Å². The van der Waals surface area contributed by atoms with Crippen molar-refractivity contribution in [2.75, 3.05) is 0 Å². The molecule has 29 heavy (non-hydrogen) atoms. The Bertz CT molecular complexity index is 1100. The molecule has 0 bridgehead atoms. The molecule has 3 heterocycles. The van der Waals surface area contributed by atoms with E-state index in [2.05, 4.69) is 20.5 Å². The van der Waals surface area contributed by atoms with Crippen molar-refractivity contribution in [1.82, 2.24) is 29.9 Å². The summed E-state index contributed by atoms with van der Waals surface area (Å²) in [4.78, 5) is 17.0. The maximum atomic E-state index is 12.7. The predicted octanol–water partition coefficient (Wildman–Crippen LogP) is 3.31. The largest absolute Gasteiger partial charge is 0.345 e. The highest BCUT2D eigenvalue weighted by atomic mass is 16.1. The topological polar surface area (TPSA) is 77.6 Å². The summed E-state index contributed by atoms with van der Waals surface area (Å²) in [6.07, 6.45) is 6.86. The number of nitrogens with one attached hydrogen (secondary N) is 1. The first-order chi connectivity index (χ1) is 14.1.